The molecule has 0 heterocycles. The normalized spacial score (nSPS) is 15.3. The van der Waals surface area contributed by atoms with Crippen molar-refractivity contribution in [2.75, 3.05) is 6.54 Å². The van der Waals surface area contributed by atoms with Crippen molar-refractivity contribution in [2.24, 2.45) is 17.4 Å². The van der Waals surface area contributed by atoms with Crippen LogP contribution in [0.1, 0.15) is 32.6 Å². The fourth-order valence-electron chi connectivity index (χ4n) is 1.17. The lowest BCUT2D eigenvalue weighted by Gasteiger charge is -2.11. The maximum absolute atomic E-state index is 10.6. The highest BCUT2D eigenvalue weighted by molar-refractivity contribution is 5.70. The number of aliphatic carboxylic acids is 1. The molecule has 0 rings (SSSR count). The summed E-state index contributed by atoms with van der Waals surface area (Å²) in [6.45, 7) is 2.25. The molecule has 78 valence electrons. The molecule has 0 aromatic carbocycles. The maximum atomic E-state index is 10.6. The Balaban J connectivity index is 3.55. The van der Waals surface area contributed by atoms with Gasteiger partial charge in [0, 0.05) is 12.6 Å². The largest absolute Gasteiger partial charge is 0.481 e. The third-order valence-electron chi connectivity index (χ3n) is 2.29. The number of carboxylic acids is 1. The van der Waals surface area contributed by atoms with E-state index < -0.39 is 11.9 Å². The highest BCUT2D eigenvalue weighted by atomic mass is 16.4. The molecule has 0 amide bonds. The van der Waals surface area contributed by atoms with Gasteiger partial charge < -0.3 is 16.6 Å². The number of nitrogens with two attached hydrogens (primary N) is 2. The summed E-state index contributed by atoms with van der Waals surface area (Å²) in [5.74, 6) is -1.20. The summed E-state index contributed by atoms with van der Waals surface area (Å²) in [5.41, 5.74) is 11.0. The molecule has 0 saturated carbocycles. The molecule has 4 heteroatoms. The van der Waals surface area contributed by atoms with Crippen LogP contribution in [0.15, 0.2) is 0 Å². The van der Waals surface area contributed by atoms with Crippen LogP contribution in [0, 0.1) is 5.92 Å². The molecule has 0 aliphatic rings. The van der Waals surface area contributed by atoms with E-state index in [1.807, 2.05) is 6.92 Å². The van der Waals surface area contributed by atoms with Crippen LogP contribution in [0.2, 0.25) is 0 Å². The Hall–Kier alpha value is -0.610. The zero-order valence-corrected chi connectivity index (χ0v) is 8.20. The van der Waals surface area contributed by atoms with Gasteiger partial charge in [0.1, 0.15) is 0 Å². The average molecular weight is 188 g/mol. The molecule has 0 aliphatic heterocycles. The minimum Gasteiger partial charge on any atom is -0.481 e. The molecule has 0 aromatic heterocycles. The second kappa shape index (κ2) is 6.86. The van der Waals surface area contributed by atoms with Gasteiger partial charge in [-0.05, 0) is 19.3 Å². The summed E-state index contributed by atoms with van der Waals surface area (Å²) in [6, 6.07) is 0.201. The van der Waals surface area contributed by atoms with Crippen molar-refractivity contribution >= 4 is 5.97 Å². The van der Waals surface area contributed by atoms with Crippen LogP contribution in [0.3, 0.4) is 0 Å². The smallest absolute Gasteiger partial charge is 0.307 e. The molecule has 2 unspecified atom stereocenters. The molecule has 0 spiro atoms. The summed E-state index contributed by atoms with van der Waals surface area (Å²) < 4.78 is 0. The first-order valence-corrected chi connectivity index (χ1v) is 4.80. The van der Waals surface area contributed by atoms with Crippen LogP contribution in [0.5, 0.6) is 0 Å². The molecule has 4 nitrogen and oxygen atoms in total. The van der Waals surface area contributed by atoms with Crippen molar-refractivity contribution in [1.82, 2.24) is 0 Å². The van der Waals surface area contributed by atoms with Crippen molar-refractivity contribution < 1.29 is 9.90 Å². The van der Waals surface area contributed by atoms with Gasteiger partial charge in [-0.25, -0.2) is 0 Å². The van der Waals surface area contributed by atoms with Crippen molar-refractivity contribution in [3.8, 4) is 0 Å². The van der Waals surface area contributed by atoms with Gasteiger partial charge in [0.25, 0.3) is 0 Å². The molecule has 0 saturated heterocycles. The van der Waals surface area contributed by atoms with Gasteiger partial charge in [0.2, 0.25) is 0 Å². The van der Waals surface area contributed by atoms with Gasteiger partial charge in [-0.2, -0.15) is 0 Å². The first-order chi connectivity index (χ1) is 6.11. The molecular formula is C9H20N2O2. The van der Waals surface area contributed by atoms with E-state index in [0.717, 1.165) is 19.3 Å². The number of carboxylic acid groups (broad SMARTS) is 1. The molecule has 0 bridgehead atoms. The summed E-state index contributed by atoms with van der Waals surface area (Å²) in [7, 11) is 0. The Morgan fingerprint density at radius 1 is 1.46 bits per heavy atom. The third-order valence-corrected chi connectivity index (χ3v) is 2.29. The lowest BCUT2D eigenvalue weighted by atomic mass is 9.99. The molecule has 0 aliphatic carbocycles. The molecular weight excluding hydrogens is 168 g/mol. The van der Waals surface area contributed by atoms with Crippen LogP contribution < -0.4 is 11.5 Å². The van der Waals surface area contributed by atoms with E-state index in [1.165, 1.54) is 0 Å². The lowest BCUT2D eigenvalue weighted by Crippen LogP contribution is -2.24. The summed E-state index contributed by atoms with van der Waals surface area (Å²) in [4.78, 5) is 10.6. The van der Waals surface area contributed by atoms with Crippen molar-refractivity contribution in [2.45, 2.75) is 38.6 Å². The van der Waals surface area contributed by atoms with E-state index in [2.05, 4.69) is 0 Å². The Morgan fingerprint density at radius 2 is 2.08 bits per heavy atom. The van der Waals surface area contributed by atoms with Crippen LogP contribution in [0.4, 0.5) is 0 Å². The molecule has 5 N–H and O–H groups in total. The van der Waals surface area contributed by atoms with Gasteiger partial charge in [-0.15, -0.1) is 0 Å². The van der Waals surface area contributed by atoms with Crippen molar-refractivity contribution in [3.63, 3.8) is 0 Å². The van der Waals surface area contributed by atoms with Crippen LogP contribution in [-0.4, -0.2) is 23.7 Å². The van der Waals surface area contributed by atoms with Gasteiger partial charge in [-0.1, -0.05) is 13.3 Å². The van der Waals surface area contributed by atoms with Crippen LogP contribution in [0.25, 0.3) is 0 Å². The number of rotatable bonds is 7. The summed E-state index contributed by atoms with van der Waals surface area (Å²) in [6.07, 6.45) is 3.32. The molecule has 2 atom stereocenters. The zero-order valence-electron chi connectivity index (χ0n) is 8.20. The predicted molar refractivity (Wildman–Crippen MR) is 52.3 cm³/mol. The third kappa shape index (κ3) is 5.60. The first kappa shape index (κ1) is 12.4. The second-order valence-corrected chi connectivity index (χ2v) is 3.37. The van der Waals surface area contributed by atoms with Gasteiger partial charge in [0.05, 0.1) is 5.92 Å². The molecule has 13 heavy (non-hydrogen) atoms. The number of carbonyl (C=O) groups is 1. The van der Waals surface area contributed by atoms with Crippen LogP contribution >= 0.6 is 0 Å². The number of hydrogen-bond donors (Lipinski definition) is 3. The first-order valence-electron chi connectivity index (χ1n) is 4.80. The maximum Gasteiger partial charge on any atom is 0.307 e. The molecule has 0 radical (unpaired) electrons. The van der Waals surface area contributed by atoms with E-state index in [-0.39, 0.29) is 12.6 Å². The highest BCUT2D eigenvalue weighted by Gasteiger charge is 2.14. The fourth-order valence-corrected chi connectivity index (χ4v) is 1.17. The average Bonchev–Trinajstić information content (AvgIpc) is 2.11. The highest BCUT2D eigenvalue weighted by Crippen LogP contribution is 2.09. The number of hydrogen-bond acceptors (Lipinski definition) is 3. The van der Waals surface area contributed by atoms with E-state index in [1.54, 1.807) is 0 Å². The van der Waals surface area contributed by atoms with E-state index >= 15 is 0 Å². The van der Waals surface area contributed by atoms with Gasteiger partial charge in [0.15, 0.2) is 0 Å². The van der Waals surface area contributed by atoms with Crippen molar-refractivity contribution in [3.05, 3.63) is 0 Å². The quantitative estimate of drug-likeness (QED) is 0.544. The molecule has 0 aromatic rings. The van der Waals surface area contributed by atoms with E-state index in [0.29, 0.717) is 6.42 Å². The Kier molecular flexibility index (Phi) is 6.54. The Labute approximate surface area is 79.3 Å². The van der Waals surface area contributed by atoms with E-state index in [9.17, 15) is 4.79 Å². The minimum atomic E-state index is -0.799. The van der Waals surface area contributed by atoms with Crippen molar-refractivity contribution in [1.29, 1.82) is 0 Å². The monoisotopic (exact) mass is 188 g/mol. The Morgan fingerprint density at radius 3 is 2.46 bits per heavy atom. The van der Waals surface area contributed by atoms with Gasteiger partial charge >= 0.3 is 5.97 Å². The van der Waals surface area contributed by atoms with E-state index in [4.69, 9.17) is 16.6 Å². The lowest BCUT2D eigenvalue weighted by molar-refractivity contribution is -0.141. The summed E-state index contributed by atoms with van der Waals surface area (Å²) in [5, 5.41) is 8.68. The summed E-state index contributed by atoms with van der Waals surface area (Å²) >= 11 is 0. The SMILES string of the molecule is CCC(N)CCCC(CN)C(=O)O. The predicted octanol–water partition coefficient (Wildman–Crippen LogP) is 0.554. The van der Waals surface area contributed by atoms with Gasteiger partial charge in [-0.3, -0.25) is 4.79 Å². The van der Waals surface area contributed by atoms with Crippen LogP contribution in [-0.2, 0) is 4.79 Å². The topological polar surface area (TPSA) is 89.3 Å². The second-order valence-electron chi connectivity index (χ2n) is 3.37. The minimum absolute atomic E-state index is 0.201. The molecule has 0 fully saturated rings. The zero-order chi connectivity index (χ0) is 10.3. The Bertz CT molecular complexity index is 151. The fraction of sp³-hybridized carbons (Fsp3) is 0.889. The standard InChI is InChI=1S/C9H20N2O2/c1-2-8(11)5-3-4-7(6-10)9(12)13/h7-8H,2-6,10-11H2,1H3,(H,12,13).